The molecule has 3 aromatic rings. The number of carbonyl (C=O) groups is 1. The third-order valence-corrected chi connectivity index (χ3v) is 5.49. The van der Waals surface area contributed by atoms with Crippen molar-refractivity contribution in [3.05, 3.63) is 83.1 Å². The lowest BCUT2D eigenvalue weighted by atomic mass is 9.95. The Bertz CT molecular complexity index is 1230. The van der Waals surface area contributed by atoms with Gasteiger partial charge in [0.15, 0.2) is 11.5 Å². The molecule has 9 nitrogen and oxygen atoms in total. The van der Waals surface area contributed by atoms with Crippen LogP contribution < -0.4 is 14.8 Å². The summed E-state index contributed by atoms with van der Waals surface area (Å²) in [4.78, 5) is 12.9. The third-order valence-electron chi connectivity index (χ3n) is 5.49. The normalized spacial score (nSPS) is 14.7. The van der Waals surface area contributed by atoms with Crippen molar-refractivity contribution in [3.63, 3.8) is 0 Å². The first-order chi connectivity index (χ1) is 16.5. The fourth-order valence-electron chi connectivity index (χ4n) is 3.81. The molecule has 0 aliphatic carbocycles. The van der Waals surface area contributed by atoms with Gasteiger partial charge in [0.2, 0.25) is 5.95 Å². The van der Waals surface area contributed by atoms with Crippen LogP contribution in [0.2, 0.25) is 0 Å². The Morgan fingerprint density at radius 2 is 2.00 bits per heavy atom. The highest BCUT2D eigenvalue weighted by Crippen LogP contribution is 2.39. The first-order valence-corrected chi connectivity index (χ1v) is 11.0. The molecule has 0 saturated heterocycles. The average molecular weight is 462 g/mol. The summed E-state index contributed by atoms with van der Waals surface area (Å²) in [6, 6.07) is 13.0. The van der Waals surface area contributed by atoms with Crippen LogP contribution >= 0.6 is 0 Å². The van der Waals surface area contributed by atoms with Gasteiger partial charge in [-0.1, -0.05) is 48.1 Å². The quantitative estimate of drug-likeness (QED) is 0.377. The second-order valence-corrected chi connectivity index (χ2v) is 7.75. The Morgan fingerprint density at radius 1 is 1.18 bits per heavy atom. The number of hydrogen-bond donors (Lipinski definition) is 1. The van der Waals surface area contributed by atoms with Crippen LogP contribution in [0.1, 0.15) is 36.6 Å². The van der Waals surface area contributed by atoms with Gasteiger partial charge in [0.05, 0.1) is 12.2 Å². The van der Waals surface area contributed by atoms with Crippen molar-refractivity contribution in [2.45, 2.75) is 33.4 Å². The molecule has 1 atom stereocenters. The molecule has 1 aliphatic rings. The molecule has 1 unspecified atom stereocenters. The molecule has 4 rings (SSSR count). The van der Waals surface area contributed by atoms with Crippen LogP contribution in [0.5, 0.6) is 11.5 Å². The summed E-state index contributed by atoms with van der Waals surface area (Å²) in [5, 5.41) is 15.0. The van der Waals surface area contributed by atoms with E-state index in [-0.39, 0.29) is 6.61 Å². The van der Waals surface area contributed by atoms with Crippen LogP contribution in [0.15, 0.2) is 66.4 Å². The van der Waals surface area contributed by atoms with E-state index in [1.165, 1.54) is 6.08 Å². The van der Waals surface area contributed by atoms with Crippen LogP contribution in [0, 0.1) is 6.92 Å². The summed E-state index contributed by atoms with van der Waals surface area (Å²) in [6.07, 6.45) is 1.52. The summed E-state index contributed by atoms with van der Waals surface area (Å²) < 4.78 is 18.9. The molecule has 0 amide bonds. The standard InChI is InChI=1S/C25H27N5O4/c1-5-13-33-24(31)22-17(4)26-25-27-28-29-30(25)23(22)18-11-12-20(21(14-18)32-6-2)34-15-19-10-8-7-9-16(19)3/h5,7-12,14,23H,1,6,13,15H2,2-4H3,(H,26,27,29). The van der Waals surface area contributed by atoms with Crippen molar-refractivity contribution in [1.29, 1.82) is 0 Å². The van der Waals surface area contributed by atoms with Gasteiger partial charge in [-0.25, -0.2) is 4.79 Å². The summed E-state index contributed by atoms with van der Waals surface area (Å²) in [7, 11) is 0. The number of tetrazole rings is 1. The largest absolute Gasteiger partial charge is 0.490 e. The number of anilines is 1. The van der Waals surface area contributed by atoms with E-state index in [2.05, 4.69) is 27.4 Å². The second-order valence-electron chi connectivity index (χ2n) is 7.75. The molecule has 2 aromatic carbocycles. The van der Waals surface area contributed by atoms with Crippen molar-refractivity contribution in [3.8, 4) is 11.5 Å². The number of carbonyl (C=O) groups excluding carboxylic acids is 1. The van der Waals surface area contributed by atoms with E-state index < -0.39 is 12.0 Å². The fraction of sp³-hybridized carbons (Fsp3) is 0.280. The van der Waals surface area contributed by atoms with Crippen molar-refractivity contribution in [1.82, 2.24) is 20.2 Å². The Balaban J connectivity index is 1.70. The molecule has 1 aliphatic heterocycles. The van der Waals surface area contributed by atoms with E-state index in [1.807, 2.05) is 56.3 Å². The van der Waals surface area contributed by atoms with Crippen molar-refractivity contribution in [2.24, 2.45) is 0 Å². The molecule has 1 N–H and O–H groups in total. The third kappa shape index (κ3) is 4.63. The number of fused-ring (bicyclic) bond motifs is 1. The lowest BCUT2D eigenvalue weighted by Crippen LogP contribution is -2.29. The number of rotatable bonds is 9. The molecule has 0 saturated carbocycles. The van der Waals surface area contributed by atoms with Crippen LogP contribution in [0.4, 0.5) is 5.95 Å². The first kappa shape index (κ1) is 23.0. The van der Waals surface area contributed by atoms with Crippen molar-refractivity contribution < 1.29 is 19.0 Å². The molecule has 176 valence electrons. The molecule has 1 aromatic heterocycles. The predicted octanol–water partition coefficient (Wildman–Crippen LogP) is 3.98. The summed E-state index contributed by atoms with van der Waals surface area (Å²) >= 11 is 0. The van der Waals surface area contributed by atoms with Gasteiger partial charge in [0.1, 0.15) is 19.3 Å². The number of esters is 1. The number of aryl methyl sites for hydroxylation is 1. The van der Waals surface area contributed by atoms with Gasteiger partial charge in [-0.2, -0.15) is 4.68 Å². The highest BCUT2D eigenvalue weighted by atomic mass is 16.5. The highest BCUT2D eigenvalue weighted by Gasteiger charge is 2.35. The summed E-state index contributed by atoms with van der Waals surface area (Å²) in [6.45, 7) is 10.3. The highest BCUT2D eigenvalue weighted by molar-refractivity contribution is 5.92. The van der Waals surface area contributed by atoms with Gasteiger partial charge < -0.3 is 19.5 Å². The molecule has 0 spiro atoms. The molecule has 0 bridgehead atoms. The number of ether oxygens (including phenoxy) is 3. The van der Waals surface area contributed by atoms with E-state index >= 15 is 0 Å². The van der Waals surface area contributed by atoms with Crippen molar-refractivity contribution in [2.75, 3.05) is 18.5 Å². The smallest absolute Gasteiger partial charge is 0.338 e. The van der Waals surface area contributed by atoms with Gasteiger partial charge in [0, 0.05) is 5.70 Å². The lowest BCUT2D eigenvalue weighted by Gasteiger charge is -2.27. The maximum absolute atomic E-state index is 12.9. The van der Waals surface area contributed by atoms with Crippen LogP contribution in [0.25, 0.3) is 0 Å². The molecule has 2 heterocycles. The van der Waals surface area contributed by atoms with E-state index in [0.717, 1.165) is 16.7 Å². The molecule has 0 radical (unpaired) electrons. The van der Waals surface area contributed by atoms with Gasteiger partial charge in [-0.3, -0.25) is 0 Å². The average Bonchev–Trinajstić information content (AvgIpc) is 3.30. The molecular weight excluding hydrogens is 434 g/mol. The van der Waals surface area contributed by atoms with Gasteiger partial charge in [0.25, 0.3) is 0 Å². The number of benzene rings is 2. The number of nitrogens with zero attached hydrogens (tertiary/aromatic N) is 4. The van der Waals surface area contributed by atoms with Gasteiger partial charge in [-0.05, 0) is 60.0 Å². The second kappa shape index (κ2) is 10.2. The Kier molecular flexibility index (Phi) is 6.91. The predicted molar refractivity (Wildman–Crippen MR) is 127 cm³/mol. The zero-order valence-corrected chi connectivity index (χ0v) is 19.4. The molecule has 34 heavy (non-hydrogen) atoms. The maximum atomic E-state index is 12.9. The van der Waals surface area contributed by atoms with Crippen LogP contribution in [0.3, 0.4) is 0 Å². The summed E-state index contributed by atoms with van der Waals surface area (Å²) in [5.74, 6) is 1.13. The van der Waals surface area contributed by atoms with Crippen LogP contribution in [-0.4, -0.2) is 39.4 Å². The minimum atomic E-state index is -0.604. The topological polar surface area (TPSA) is 100 Å². The Hall–Kier alpha value is -4.14. The Morgan fingerprint density at radius 3 is 2.76 bits per heavy atom. The van der Waals surface area contributed by atoms with E-state index in [0.29, 0.717) is 41.9 Å². The summed E-state index contributed by atoms with van der Waals surface area (Å²) in [5.41, 5.74) is 4.02. The van der Waals surface area contributed by atoms with Gasteiger partial charge in [-0.15, -0.1) is 0 Å². The molecule has 9 heteroatoms. The number of nitrogens with one attached hydrogen (secondary N) is 1. The number of hydrogen-bond acceptors (Lipinski definition) is 8. The fourth-order valence-corrected chi connectivity index (χ4v) is 3.81. The monoisotopic (exact) mass is 461 g/mol. The minimum Gasteiger partial charge on any atom is -0.490 e. The van der Waals surface area contributed by atoms with E-state index in [1.54, 1.807) is 11.6 Å². The molecule has 0 fully saturated rings. The lowest BCUT2D eigenvalue weighted by molar-refractivity contribution is -0.138. The first-order valence-electron chi connectivity index (χ1n) is 11.0. The van der Waals surface area contributed by atoms with E-state index in [9.17, 15) is 4.79 Å². The number of aromatic nitrogens is 4. The van der Waals surface area contributed by atoms with E-state index in [4.69, 9.17) is 14.2 Å². The Labute approximate surface area is 198 Å². The minimum absolute atomic E-state index is 0.0979. The zero-order valence-electron chi connectivity index (χ0n) is 19.4. The van der Waals surface area contributed by atoms with Crippen LogP contribution in [-0.2, 0) is 16.1 Å². The maximum Gasteiger partial charge on any atom is 0.338 e. The molecular formula is C25H27N5O4. The number of allylic oxidation sites excluding steroid dienone is 1. The zero-order chi connectivity index (χ0) is 24.1. The van der Waals surface area contributed by atoms with Gasteiger partial charge >= 0.3 is 5.97 Å². The van der Waals surface area contributed by atoms with Crippen molar-refractivity contribution >= 4 is 11.9 Å². The SMILES string of the molecule is C=CCOC(=O)C1=C(C)Nc2nnnn2C1c1ccc(OCc2ccccc2C)c(OCC)c1.